The van der Waals surface area contributed by atoms with Crippen molar-refractivity contribution in [1.82, 2.24) is 4.90 Å². The van der Waals surface area contributed by atoms with Crippen molar-refractivity contribution in [2.24, 2.45) is 0 Å². The number of rotatable bonds is 8. The first-order valence-electron chi connectivity index (χ1n) is 9.29. The summed E-state index contributed by atoms with van der Waals surface area (Å²) in [6.45, 7) is 2.08. The molecule has 1 aromatic heterocycles. The van der Waals surface area contributed by atoms with Gasteiger partial charge >= 0.3 is 5.97 Å². The van der Waals surface area contributed by atoms with Crippen LogP contribution in [0.15, 0.2) is 33.6 Å². The highest BCUT2D eigenvalue weighted by Gasteiger charge is 2.31. The average molecular weight is 452 g/mol. The number of carboxylic acid groups (broad SMARTS) is 1. The number of halogens is 2. The van der Waals surface area contributed by atoms with Crippen molar-refractivity contribution < 1.29 is 27.9 Å². The lowest BCUT2D eigenvalue weighted by Gasteiger charge is -2.13. The van der Waals surface area contributed by atoms with Gasteiger partial charge in [-0.2, -0.15) is 0 Å². The molecule has 1 aromatic carbocycles. The number of amides is 1. The number of nitrogens with zero attached hydrogens (tertiary/aromatic N) is 1. The predicted octanol–water partition coefficient (Wildman–Crippen LogP) is 5.38. The van der Waals surface area contributed by atoms with Crippen LogP contribution >= 0.6 is 24.0 Å². The van der Waals surface area contributed by atoms with E-state index in [4.69, 9.17) is 21.7 Å². The van der Waals surface area contributed by atoms with Crippen LogP contribution < -0.4 is 0 Å². The lowest BCUT2D eigenvalue weighted by molar-refractivity contribution is -0.137. The summed E-state index contributed by atoms with van der Waals surface area (Å²) in [5.41, 5.74) is 0.964. The molecular formula is C21H19F2NO4S2. The van der Waals surface area contributed by atoms with E-state index >= 15 is 0 Å². The van der Waals surface area contributed by atoms with Crippen molar-refractivity contribution in [3.05, 3.63) is 52.1 Å². The zero-order chi connectivity index (χ0) is 21.8. The number of furan rings is 1. The van der Waals surface area contributed by atoms with Gasteiger partial charge in [0, 0.05) is 24.6 Å². The van der Waals surface area contributed by atoms with Gasteiger partial charge in [-0.3, -0.25) is 14.5 Å². The number of hydrogen-bond donors (Lipinski definition) is 1. The van der Waals surface area contributed by atoms with E-state index in [1.54, 1.807) is 25.1 Å². The van der Waals surface area contributed by atoms with Crippen molar-refractivity contribution in [3.8, 4) is 11.3 Å². The number of thioether (sulfide) groups is 1. The van der Waals surface area contributed by atoms with E-state index in [0.717, 1.165) is 23.9 Å². The number of carbonyl (C=O) groups excluding carboxylic acids is 1. The maximum absolute atomic E-state index is 13.6. The molecule has 0 radical (unpaired) electrons. The minimum atomic E-state index is -0.960. The number of benzene rings is 1. The molecule has 0 unspecified atom stereocenters. The summed E-state index contributed by atoms with van der Waals surface area (Å²) >= 11 is 6.44. The first-order valence-corrected chi connectivity index (χ1v) is 10.5. The van der Waals surface area contributed by atoms with E-state index in [-0.39, 0.29) is 12.3 Å². The Morgan fingerprint density at radius 2 is 1.97 bits per heavy atom. The molecule has 0 spiro atoms. The van der Waals surface area contributed by atoms with Gasteiger partial charge in [0.25, 0.3) is 5.91 Å². The Morgan fingerprint density at radius 3 is 2.70 bits per heavy atom. The zero-order valence-corrected chi connectivity index (χ0v) is 17.7. The number of carboxylic acids is 1. The van der Waals surface area contributed by atoms with Crippen LogP contribution in [0.25, 0.3) is 17.4 Å². The second-order valence-electron chi connectivity index (χ2n) is 6.82. The molecule has 1 amide bonds. The Labute approximate surface area is 181 Å². The normalized spacial score (nSPS) is 15.4. The molecule has 0 aliphatic carbocycles. The van der Waals surface area contributed by atoms with Gasteiger partial charge < -0.3 is 9.52 Å². The molecule has 0 bridgehead atoms. The average Bonchev–Trinajstić information content (AvgIpc) is 3.24. The minimum absolute atomic E-state index is 0.108. The predicted molar refractivity (Wildman–Crippen MR) is 115 cm³/mol. The van der Waals surface area contributed by atoms with Crippen LogP contribution in [0.4, 0.5) is 8.78 Å². The van der Waals surface area contributed by atoms with Gasteiger partial charge in [-0.1, -0.05) is 30.4 Å². The molecule has 2 heterocycles. The topological polar surface area (TPSA) is 70.8 Å². The summed E-state index contributed by atoms with van der Waals surface area (Å²) in [5, 5.41) is 8.66. The van der Waals surface area contributed by atoms with Crippen molar-refractivity contribution in [1.29, 1.82) is 0 Å². The van der Waals surface area contributed by atoms with E-state index in [9.17, 15) is 18.4 Å². The molecular weight excluding hydrogens is 432 g/mol. The largest absolute Gasteiger partial charge is 0.481 e. The highest BCUT2D eigenvalue weighted by atomic mass is 32.2. The molecule has 0 saturated carbocycles. The SMILES string of the molecule is Cc1cc(F)c(F)cc1-c1ccc(/C=C2\SC(=S)N(CCCCCC(=O)O)C2=O)o1. The van der Waals surface area contributed by atoms with Crippen LogP contribution in [-0.2, 0) is 9.59 Å². The highest BCUT2D eigenvalue weighted by Crippen LogP contribution is 2.34. The molecule has 1 N–H and O–H groups in total. The van der Waals surface area contributed by atoms with Crippen LogP contribution in [0, 0.1) is 18.6 Å². The Hall–Kier alpha value is -2.52. The van der Waals surface area contributed by atoms with Gasteiger partial charge in [0.1, 0.15) is 15.8 Å². The molecule has 1 saturated heterocycles. The number of aliphatic carboxylic acids is 1. The van der Waals surface area contributed by atoms with E-state index in [1.165, 1.54) is 4.90 Å². The van der Waals surface area contributed by atoms with Crippen molar-refractivity contribution in [2.45, 2.75) is 32.6 Å². The third-order valence-electron chi connectivity index (χ3n) is 4.58. The number of carbonyl (C=O) groups is 2. The first kappa shape index (κ1) is 22.2. The van der Waals surface area contributed by atoms with E-state index in [0.29, 0.717) is 57.7 Å². The standard InChI is InChI=1S/C21H19F2NO4S2/c1-12-9-15(22)16(23)11-14(12)17-7-6-13(28-17)10-18-20(27)24(21(29)30-18)8-4-2-3-5-19(25)26/h6-7,9-11H,2-5,8H2,1H3,(H,25,26)/b18-10-. The van der Waals surface area contributed by atoms with Crippen LogP contribution in [0.1, 0.15) is 37.0 Å². The Bertz CT molecular complexity index is 1030. The fraction of sp³-hybridized carbons (Fsp3) is 0.286. The van der Waals surface area contributed by atoms with Crippen LogP contribution in [-0.4, -0.2) is 32.7 Å². The number of hydrogen-bond acceptors (Lipinski definition) is 5. The van der Waals surface area contributed by atoms with Crippen LogP contribution in [0.5, 0.6) is 0 Å². The molecule has 1 fully saturated rings. The lowest BCUT2D eigenvalue weighted by Crippen LogP contribution is -2.29. The molecule has 0 atom stereocenters. The third-order valence-corrected chi connectivity index (χ3v) is 5.96. The summed E-state index contributed by atoms with van der Waals surface area (Å²) in [6, 6.07) is 5.47. The van der Waals surface area contributed by atoms with E-state index in [1.807, 2.05) is 0 Å². The summed E-state index contributed by atoms with van der Waals surface area (Å²) in [4.78, 5) is 25.1. The quantitative estimate of drug-likeness (QED) is 0.330. The summed E-state index contributed by atoms with van der Waals surface area (Å²) in [5.74, 6) is -2.18. The molecule has 3 rings (SSSR count). The smallest absolute Gasteiger partial charge is 0.303 e. The summed E-state index contributed by atoms with van der Waals surface area (Å²) in [7, 11) is 0. The van der Waals surface area contributed by atoms with Gasteiger partial charge in [-0.25, -0.2) is 8.78 Å². The fourth-order valence-corrected chi connectivity index (χ4v) is 4.32. The molecule has 5 nitrogen and oxygen atoms in total. The summed E-state index contributed by atoms with van der Waals surface area (Å²) in [6.07, 6.45) is 3.59. The zero-order valence-electron chi connectivity index (χ0n) is 16.1. The monoisotopic (exact) mass is 451 g/mol. The maximum Gasteiger partial charge on any atom is 0.303 e. The number of thiocarbonyl (C=S) groups is 1. The highest BCUT2D eigenvalue weighted by molar-refractivity contribution is 8.26. The lowest BCUT2D eigenvalue weighted by atomic mass is 10.1. The molecule has 158 valence electrons. The van der Waals surface area contributed by atoms with Crippen LogP contribution in [0.3, 0.4) is 0 Å². The second-order valence-corrected chi connectivity index (χ2v) is 8.50. The summed E-state index contributed by atoms with van der Waals surface area (Å²) < 4.78 is 33.1. The van der Waals surface area contributed by atoms with Crippen molar-refractivity contribution in [2.75, 3.05) is 6.54 Å². The molecule has 2 aromatic rings. The number of unbranched alkanes of at least 4 members (excludes halogenated alkanes) is 2. The third kappa shape index (κ3) is 5.14. The van der Waals surface area contributed by atoms with Crippen molar-refractivity contribution in [3.63, 3.8) is 0 Å². The van der Waals surface area contributed by atoms with Gasteiger partial charge in [-0.05, 0) is 49.6 Å². The Kier molecular flexibility index (Phi) is 7.04. The molecule has 1 aliphatic heterocycles. The van der Waals surface area contributed by atoms with Crippen molar-refractivity contribution >= 4 is 46.3 Å². The Balaban J connectivity index is 1.68. The first-order chi connectivity index (χ1) is 14.3. The maximum atomic E-state index is 13.6. The number of aryl methyl sites for hydroxylation is 1. The Morgan fingerprint density at radius 1 is 1.23 bits per heavy atom. The molecule has 30 heavy (non-hydrogen) atoms. The minimum Gasteiger partial charge on any atom is -0.481 e. The van der Waals surface area contributed by atoms with Gasteiger partial charge in [0.05, 0.1) is 4.91 Å². The fourth-order valence-electron chi connectivity index (χ4n) is 3.03. The van der Waals surface area contributed by atoms with Gasteiger partial charge in [0.2, 0.25) is 0 Å². The second kappa shape index (κ2) is 9.53. The van der Waals surface area contributed by atoms with Crippen LogP contribution in [0.2, 0.25) is 0 Å². The van der Waals surface area contributed by atoms with Gasteiger partial charge in [-0.15, -0.1) is 0 Å². The molecule has 9 heteroatoms. The van der Waals surface area contributed by atoms with E-state index in [2.05, 4.69) is 0 Å². The van der Waals surface area contributed by atoms with Gasteiger partial charge in [0.15, 0.2) is 11.6 Å². The van der Waals surface area contributed by atoms with E-state index < -0.39 is 17.6 Å². The molecule has 1 aliphatic rings.